The predicted octanol–water partition coefficient (Wildman–Crippen LogP) is 2.46. The highest BCUT2D eigenvalue weighted by Crippen LogP contribution is 2.29. The molecule has 1 aromatic carbocycles. The Morgan fingerprint density at radius 3 is 2.90 bits per heavy atom. The lowest BCUT2D eigenvalue weighted by molar-refractivity contribution is -0.0494. The third-order valence-electron chi connectivity index (χ3n) is 2.16. The van der Waals surface area contributed by atoms with Crippen LogP contribution in [0.5, 0.6) is 5.75 Å². The Bertz CT molecular complexity index is 606. The number of nitrogens with one attached hydrogen (secondary N) is 1. The molecule has 0 fully saturated rings. The molecule has 1 aromatic heterocycles. The second-order valence-electron chi connectivity index (χ2n) is 3.54. The fraction of sp³-hybridized carbons (Fsp3) is 0.182. The minimum absolute atomic E-state index is 0.0333. The van der Waals surface area contributed by atoms with Gasteiger partial charge < -0.3 is 15.0 Å². The molecule has 2 rings (SSSR count). The number of hydrogen-bond acceptors (Lipinski definition) is 6. The molecule has 0 aliphatic carbocycles. The van der Waals surface area contributed by atoms with Gasteiger partial charge in [-0.1, -0.05) is 29.1 Å². The minimum Gasteiger partial charge on any atom is -0.434 e. The molecule has 1 heterocycles. The lowest BCUT2D eigenvalue weighted by Crippen LogP contribution is -2.04. The van der Waals surface area contributed by atoms with Crippen LogP contribution in [0.1, 0.15) is 5.89 Å². The Morgan fingerprint density at radius 2 is 2.20 bits per heavy atom. The third kappa shape index (κ3) is 3.67. The molecule has 3 N–H and O–H groups in total. The largest absolute Gasteiger partial charge is 0.434 e. The third-order valence-corrected chi connectivity index (χ3v) is 2.87. The van der Waals surface area contributed by atoms with Crippen molar-refractivity contribution in [2.75, 3.05) is 0 Å². The van der Waals surface area contributed by atoms with E-state index in [0.717, 1.165) is 11.8 Å². The van der Waals surface area contributed by atoms with Gasteiger partial charge >= 0.3 is 6.61 Å². The van der Waals surface area contributed by atoms with E-state index in [1.54, 1.807) is 18.2 Å². The van der Waals surface area contributed by atoms with Crippen molar-refractivity contribution in [1.82, 2.24) is 10.1 Å². The van der Waals surface area contributed by atoms with Gasteiger partial charge in [-0.25, -0.2) is 0 Å². The molecule has 20 heavy (non-hydrogen) atoms. The van der Waals surface area contributed by atoms with E-state index < -0.39 is 6.61 Å². The summed E-state index contributed by atoms with van der Waals surface area (Å²) in [4.78, 5) is 4.04. The minimum atomic E-state index is -2.93. The number of nitrogens with zero attached hydrogens (tertiary/aromatic N) is 2. The first-order valence-electron chi connectivity index (χ1n) is 5.40. The van der Waals surface area contributed by atoms with Gasteiger partial charge in [0.15, 0.2) is 5.17 Å². The van der Waals surface area contributed by atoms with E-state index in [1.165, 1.54) is 6.07 Å². The molecule has 0 saturated heterocycles. The van der Waals surface area contributed by atoms with E-state index in [2.05, 4.69) is 14.9 Å². The summed E-state index contributed by atoms with van der Waals surface area (Å²) < 4.78 is 34.0. The molecule has 0 amide bonds. The standard InChI is InChI=1S/C11H10F2N4O2S/c12-10(13)18-7-4-2-1-3-6(7)9-16-8(19-17-9)5-20-11(14)15/h1-4,10H,5H2,(H3,14,15). The van der Waals surface area contributed by atoms with Crippen molar-refractivity contribution in [3.63, 3.8) is 0 Å². The molecule has 0 saturated carbocycles. The van der Waals surface area contributed by atoms with Crippen molar-refractivity contribution in [3.05, 3.63) is 30.2 Å². The first-order valence-corrected chi connectivity index (χ1v) is 6.38. The Morgan fingerprint density at radius 1 is 1.45 bits per heavy atom. The SMILES string of the molecule is N=C(N)SCc1nc(-c2ccccc2OC(F)F)no1. The molecule has 0 unspecified atom stereocenters. The molecule has 106 valence electrons. The highest BCUT2D eigenvalue weighted by atomic mass is 32.2. The van der Waals surface area contributed by atoms with Crippen LogP contribution in [0.25, 0.3) is 11.4 Å². The number of nitrogens with two attached hydrogens (primary N) is 1. The van der Waals surface area contributed by atoms with E-state index >= 15 is 0 Å². The van der Waals surface area contributed by atoms with Crippen molar-refractivity contribution < 1.29 is 18.0 Å². The summed E-state index contributed by atoms with van der Waals surface area (Å²) in [5, 5.41) is 10.7. The maximum atomic E-state index is 12.3. The van der Waals surface area contributed by atoms with Crippen LogP contribution in [0.15, 0.2) is 28.8 Å². The van der Waals surface area contributed by atoms with Crippen LogP contribution in [0.4, 0.5) is 8.78 Å². The van der Waals surface area contributed by atoms with Crippen LogP contribution < -0.4 is 10.5 Å². The van der Waals surface area contributed by atoms with Crippen molar-refractivity contribution in [1.29, 1.82) is 5.41 Å². The fourth-order valence-corrected chi connectivity index (χ4v) is 1.81. The molecule has 9 heteroatoms. The molecular formula is C11H10F2N4O2S. The van der Waals surface area contributed by atoms with E-state index in [-0.39, 0.29) is 28.4 Å². The first kappa shape index (κ1) is 14.3. The zero-order valence-electron chi connectivity index (χ0n) is 10.0. The highest BCUT2D eigenvalue weighted by Gasteiger charge is 2.15. The number of para-hydroxylation sites is 1. The van der Waals surface area contributed by atoms with Gasteiger partial charge in [0.1, 0.15) is 5.75 Å². The Labute approximate surface area is 116 Å². The highest BCUT2D eigenvalue weighted by molar-refractivity contribution is 8.12. The maximum absolute atomic E-state index is 12.3. The first-order chi connectivity index (χ1) is 9.56. The number of ether oxygens (including phenoxy) is 1. The number of benzene rings is 1. The second-order valence-corrected chi connectivity index (χ2v) is 4.56. The van der Waals surface area contributed by atoms with Gasteiger partial charge in [0, 0.05) is 0 Å². The summed E-state index contributed by atoms with van der Waals surface area (Å²) >= 11 is 1.02. The summed E-state index contributed by atoms with van der Waals surface area (Å²) in [6.07, 6.45) is 0. The average molecular weight is 300 g/mol. The van der Waals surface area contributed by atoms with E-state index in [9.17, 15) is 8.78 Å². The number of amidine groups is 1. The molecule has 0 radical (unpaired) electrons. The summed E-state index contributed by atoms with van der Waals surface area (Å²) in [5.74, 6) is 0.585. The van der Waals surface area contributed by atoms with Crippen molar-refractivity contribution in [2.24, 2.45) is 5.73 Å². The fourth-order valence-electron chi connectivity index (χ4n) is 1.41. The van der Waals surface area contributed by atoms with Gasteiger partial charge in [0.25, 0.3) is 0 Å². The zero-order chi connectivity index (χ0) is 14.5. The van der Waals surface area contributed by atoms with Gasteiger partial charge in [0.2, 0.25) is 11.7 Å². The van der Waals surface area contributed by atoms with E-state index in [1.807, 2.05) is 0 Å². The summed E-state index contributed by atoms with van der Waals surface area (Å²) in [7, 11) is 0. The maximum Gasteiger partial charge on any atom is 0.387 e. The lowest BCUT2D eigenvalue weighted by Gasteiger charge is -2.07. The number of aromatic nitrogens is 2. The van der Waals surface area contributed by atoms with Crippen molar-refractivity contribution in [2.45, 2.75) is 12.4 Å². The molecule has 0 bridgehead atoms. The average Bonchev–Trinajstić information content (AvgIpc) is 2.85. The van der Waals surface area contributed by atoms with Gasteiger partial charge in [-0.15, -0.1) is 0 Å². The Kier molecular flexibility index (Phi) is 4.51. The van der Waals surface area contributed by atoms with Crippen LogP contribution in [0.2, 0.25) is 0 Å². The summed E-state index contributed by atoms with van der Waals surface area (Å²) in [6.45, 7) is -2.93. The quantitative estimate of drug-likeness (QED) is 0.650. The van der Waals surface area contributed by atoms with Crippen molar-refractivity contribution in [3.8, 4) is 17.1 Å². The number of rotatable bonds is 5. The molecule has 0 aliphatic rings. The molecule has 6 nitrogen and oxygen atoms in total. The topological polar surface area (TPSA) is 98.0 Å². The number of hydrogen-bond donors (Lipinski definition) is 2. The lowest BCUT2D eigenvalue weighted by atomic mass is 10.2. The van der Waals surface area contributed by atoms with E-state index in [4.69, 9.17) is 15.7 Å². The predicted molar refractivity (Wildman–Crippen MR) is 69.6 cm³/mol. The Balaban J connectivity index is 2.21. The zero-order valence-corrected chi connectivity index (χ0v) is 10.9. The number of halogens is 2. The number of thioether (sulfide) groups is 1. The summed E-state index contributed by atoms with van der Waals surface area (Å²) in [6, 6.07) is 6.15. The van der Waals surface area contributed by atoms with E-state index in [0.29, 0.717) is 5.56 Å². The smallest absolute Gasteiger partial charge is 0.387 e. The Hall–Kier alpha value is -2.16. The molecule has 2 aromatic rings. The van der Waals surface area contributed by atoms with Crippen LogP contribution in [-0.2, 0) is 5.75 Å². The van der Waals surface area contributed by atoms with Gasteiger partial charge in [-0.3, -0.25) is 5.41 Å². The van der Waals surface area contributed by atoms with Crippen molar-refractivity contribution >= 4 is 16.9 Å². The molecule has 0 aliphatic heterocycles. The second kappa shape index (κ2) is 6.33. The van der Waals surface area contributed by atoms with Gasteiger partial charge in [0.05, 0.1) is 11.3 Å². The molecule has 0 atom stereocenters. The molecule has 0 spiro atoms. The normalized spacial score (nSPS) is 10.8. The van der Waals surface area contributed by atoms with Gasteiger partial charge in [-0.05, 0) is 12.1 Å². The van der Waals surface area contributed by atoms with Crippen LogP contribution >= 0.6 is 11.8 Å². The van der Waals surface area contributed by atoms with Crippen LogP contribution in [-0.4, -0.2) is 21.9 Å². The van der Waals surface area contributed by atoms with Crippen LogP contribution in [0.3, 0.4) is 0 Å². The monoisotopic (exact) mass is 300 g/mol. The van der Waals surface area contributed by atoms with Crippen LogP contribution in [0, 0.1) is 5.41 Å². The molecular weight excluding hydrogens is 290 g/mol. The van der Waals surface area contributed by atoms with Gasteiger partial charge in [-0.2, -0.15) is 13.8 Å². The number of alkyl halides is 2. The summed E-state index contributed by atoms with van der Waals surface area (Å²) in [5.41, 5.74) is 5.49.